The predicted molar refractivity (Wildman–Crippen MR) is 75.4 cm³/mol. The highest BCUT2D eigenvalue weighted by molar-refractivity contribution is 5.96. The molecule has 1 saturated heterocycles. The van der Waals surface area contributed by atoms with E-state index in [0.29, 0.717) is 6.42 Å². The summed E-state index contributed by atoms with van der Waals surface area (Å²) in [4.78, 5) is 16.4. The zero-order valence-corrected chi connectivity index (χ0v) is 11.4. The van der Waals surface area contributed by atoms with Crippen molar-refractivity contribution in [3.05, 3.63) is 29.8 Å². The Balaban J connectivity index is 2.06. The van der Waals surface area contributed by atoms with Gasteiger partial charge in [-0.05, 0) is 44.3 Å². The van der Waals surface area contributed by atoms with Crippen molar-refractivity contribution in [3.8, 4) is 0 Å². The van der Waals surface area contributed by atoms with Gasteiger partial charge >= 0.3 is 0 Å². The minimum atomic E-state index is 0.220. The van der Waals surface area contributed by atoms with Gasteiger partial charge in [-0.1, -0.05) is 6.92 Å². The van der Waals surface area contributed by atoms with E-state index < -0.39 is 0 Å². The van der Waals surface area contributed by atoms with Crippen LogP contribution in [0.3, 0.4) is 0 Å². The molecule has 0 unspecified atom stereocenters. The highest BCUT2D eigenvalue weighted by Crippen LogP contribution is 2.17. The molecule has 0 amide bonds. The molecule has 1 aliphatic rings. The van der Waals surface area contributed by atoms with Crippen LogP contribution in [0.25, 0.3) is 0 Å². The summed E-state index contributed by atoms with van der Waals surface area (Å²) in [6, 6.07) is 8.06. The van der Waals surface area contributed by atoms with Gasteiger partial charge in [0.15, 0.2) is 5.78 Å². The molecule has 0 aliphatic carbocycles. The molecule has 0 spiro atoms. The zero-order chi connectivity index (χ0) is 13.0. The van der Waals surface area contributed by atoms with Crippen molar-refractivity contribution in [2.45, 2.75) is 19.8 Å². The van der Waals surface area contributed by atoms with E-state index in [2.05, 4.69) is 29.0 Å². The van der Waals surface area contributed by atoms with Crippen molar-refractivity contribution < 1.29 is 4.79 Å². The number of hydrogen-bond acceptors (Lipinski definition) is 3. The number of rotatable bonds is 3. The van der Waals surface area contributed by atoms with Gasteiger partial charge < -0.3 is 9.80 Å². The molecule has 18 heavy (non-hydrogen) atoms. The summed E-state index contributed by atoms with van der Waals surface area (Å²) in [5.74, 6) is 0.220. The number of benzene rings is 1. The van der Waals surface area contributed by atoms with Gasteiger partial charge in [-0.25, -0.2) is 0 Å². The van der Waals surface area contributed by atoms with Gasteiger partial charge in [-0.2, -0.15) is 0 Å². The van der Waals surface area contributed by atoms with Gasteiger partial charge in [0.1, 0.15) is 0 Å². The molecule has 1 aromatic carbocycles. The molecule has 0 bridgehead atoms. The minimum absolute atomic E-state index is 0.220. The van der Waals surface area contributed by atoms with E-state index in [0.717, 1.165) is 25.2 Å². The Morgan fingerprint density at radius 3 is 2.50 bits per heavy atom. The second-order valence-electron chi connectivity index (χ2n) is 4.97. The lowest BCUT2D eigenvalue weighted by Crippen LogP contribution is -2.28. The molecule has 0 saturated carbocycles. The molecule has 0 radical (unpaired) electrons. The normalized spacial score (nSPS) is 17.6. The topological polar surface area (TPSA) is 23.6 Å². The Kier molecular flexibility index (Phi) is 4.37. The van der Waals surface area contributed by atoms with E-state index in [4.69, 9.17) is 0 Å². The fourth-order valence-electron chi connectivity index (χ4n) is 2.37. The smallest absolute Gasteiger partial charge is 0.162 e. The fourth-order valence-corrected chi connectivity index (χ4v) is 2.37. The van der Waals surface area contributed by atoms with Crippen LogP contribution >= 0.6 is 0 Å². The number of carbonyl (C=O) groups is 1. The van der Waals surface area contributed by atoms with Gasteiger partial charge in [0, 0.05) is 37.3 Å². The van der Waals surface area contributed by atoms with Gasteiger partial charge in [0.2, 0.25) is 0 Å². The van der Waals surface area contributed by atoms with Crippen LogP contribution in [0.5, 0.6) is 0 Å². The standard InChI is InChI=1S/C15H22N2O/c1-3-15(18)13-5-7-14(8-6-13)17-10-4-9-16(2)11-12-17/h5-8H,3-4,9-12H2,1-2H3. The first-order chi connectivity index (χ1) is 8.70. The monoisotopic (exact) mass is 246 g/mol. The maximum Gasteiger partial charge on any atom is 0.162 e. The Labute approximate surface area is 109 Å². The summed E-state index contributed by atoms with van der Waals surface area (Å²) in [6.45, 7) is 6.35. The largest absolute Gasteiger partial charge is 0.370 e. The molecule has 1 heterocycles. The lowest BCUT2D eigenvalue weighted by Gasteiger charge is -2.22. The lowest BCUT2D eigenvalue weighted by atomic mass is 10.1. The number of carbonyl (C=O) groups excluding carboxylic acids is 1. The van der Waals surface area contributed by atoms with Crippen LogP contribution in [0.1, 0.15) is 30.1 Å². The van der Waals surface area contributed by atoms with Crippen LogP contribution in [-0.4, -0.2) is 43.9 Å². The second kappa shape index (κ2) is 6.01. The first-order valence-electron chi connectivity index (χ1n) is 6.77. The average molecular weight is 246 g/mol. The molecule has 98 valence electrons. The Hall–Kier alpha value is -1.35. The summed E-state index contributed by atoms with van der Waals surface area (Å²) in [5, 5.41) is 0. The molecule has 0 aromatic heterocycles. The quantitative estimate of drug-likeness (QED) is 0.765. The van der Waals surface area contributed by atoms with Crippen LogP contribution in [-0.2, 0) is 0 Å². The van der Waals surface area contributed by atoms with E-state index in [1.54, 1.807) is 0 Å². The Morgan fingerprint density at radius 2 is 1.83 bits per heavy atom. The van der Waals surface area contributed by atoms with E-state index in [1.807, 2.05) is 19.1 Å². The van der Waals surface area contributed by atoms with E-state index in [1.165, 1.54) is 18.7 Å². The number of Topliss-reactive ketones (excluding diaryl/α,β-unsaturated/α-hetero) is 1. The third-order valence-corrected chi connectivity index (χ3v) is 3.60. The van der Waals surface area contributed by atoms with Crippen molar-refractivity contribution in [1.29, 1.82) is 0 Å². The van der Waals surface area contributed by atoms with Crippen LogP contribution in [0.4, 0.5) is 5.69 Å². The van der Waals surface area contributed by atoms with Crippen LogP contribution in [0, 0.1) is 0 Å². The van der Waals surface area contributed by atoms with Crippen molar-refractivity contribution in [2.75, 3.05) is 38.1 Å². The lowest BCUT2D eigenvalue weighted by molar-refractivity contribution is 0.0988. The first-order valence-corrected chi connectivity index (χ1v) is 6.77. The molecular weight excluding hydrogens is 224 g/mol. The zero-order valence-electron chi connectivity index (χ0n) is 11.4. The van der Waals surface area contributed by atoms with Crippen LogP contribution in [0.2, 0.25) is 0 Å². The maximum atomic E-state index is 11.6. The van der Waals surface area contributed by atoms with Crippen molar-refractivity contribution in [1.82, 2.24) is 4.90 Å². The van der Waals surface area contributed by atoms with Crippen LogP contribution < -0.4 is 4.90 Å². The molecule has 1 aromatic rings. The summed E-state index contributed by atoms with van der Waals surface area (Å²) in [5.41, 5.74) is 2.06. The van der Waals surface area contributed by atoms with Gasteiger partial charge in [0.05, 0.1) is 0 Å². The van der Waals surface area contributed by atoms with Crippen molar-refractivity contribution in [3.63, 3.8) is 0 Å². The summed E-state index contributed by atoms with van der Waals surface area (Å²) in [6.07, 6.45) is 1.78. The molecule has 3 heteroatoms. The molecule has 1 aliphatic heterocycles. The highest BCUT2D eigenvalue weighted by Gasteiger charge is 2.12. The molecule has 3 nitrogen and oxygen atoms in total. The maximum absolute atomic E-state index is 11.6. The number of ketones is 1. The van der Waals surface area contributed by atoms with Crippen molar-refractivity contribution >= 4 is 11.5 Å². The number of hydrogen-bond donors (Lipinski definition) is 0. The van der Waals surface area contributed by atoms with Gasteiger partial charge in [0.25, 0.3) is 0 Å². The summed E-state index contributed by atoms with van der Waals surface area (Å²) >= 11 is 0. The van der Waals surface area contributed by atoms with Crippen molar-refractivity contribution in [2.24, 2.45) is 0 Å². The molecule has 2 rings (SSSR count). The highest BCUT2D eigenvalue weighted by atomic mass is 16.1. The average Bonchev–Trinajstić information content (AvgIpc) is 2.63. The fraction of sp³-hybridized carbons (Fsp3) is 0.533. The Morgan fingerprint density at radius 1 is 1.11 bits per heavy atom. The minimum Gasteiger partial charge on any atom is -0.370 e. The van der Waals surface area contributed by atoms with Gasteiger partial charge in [-0.3, -0.25) is 4.79 Å². The third-order valence-electron chi connectivity index (χ3n) is 3.60. The van der Waals surface area contributed by atoms with E-state index >= 15 is 0 Å². The van der Waals surface area contributed by atoms with Crippen LogP contribution in [0.15, 0.2) is 24.3 Å². The molecule has 0 atom stereocenters. The second-order valence-corrected chi connectivity index (χ2v) is 4.97. The third kappa shape index (κ3) is 3.10. The number of anilines is 1. The Bertz CT molecular complexity index is 399. The molecule has 0 N–H and O–H groups in total. The van der Waals surface area contributed by atoms with E-state index in [9.17, 15) is 4.79 Å². The first kappa shape index (κ1) is 13.1. The molecule has 1 fully saturated rings. The number of likely N-dealkylation sites (N-methyl/N-ethyl adjacent to an activating group) is 1. The SMILES string of the molecule is CCC(=O)c1ccc(N2CCCN(C)CC2)cc1. The van der Waals surface area contributed by atoms with Gasteiger partial charge in [-0.15, -0.1) is 0 Å². The summed E-state index contributed by atoms with van der Waals surface area (Å²) < 4.78 is 0. The van der Waals surface area contributed by atoms with E-state index in [-0.39, 0.29) is 5.78 Å². The molecular formula is C15H22N2O. The summed E-state index contributed by atoms with van der Waals surface area (Å²) in [7, 11) is 2.17. The predicted octanol–water partition coefficient (Wildman–Crippen LogP) is 2.42. The number of nitrogens with zero attached hydrogens (tertiary/aromatic N) is 2.